The number of rotatable bonds is 4. The molecular weight excluding hydrogens is 235 g/mol. The summed E-state index contributed by atoms with van der Waals surface area (Å²) in [7, 11) is 0. The Bertz CT molecular complexity index is 341. The van der Waals surface area contributed by atoms with E-state index in [9.17, 15) is 4.39 Å². The lowest BCUT2D eigenvalue weighted by atomic mass is 9.98. The summed E-state index contributed by atoms with van der Waals surface area (Å²) < 4.78 is 18.8. The average molecular weight is 249 g/mol. The molecule has 1 aromatic carbocycles. The van der Waals surface area contributed by atoms with Crippen molar-refractivity contribution < 1.29 is 9.13 Å². The summed E-state index contributed by atoms with van der Waals surface area (Å²) in [5.74, 6) is 0.362. The summed E-state index contributed by atoms with van der Waals surface area (Å²) in [5, 5.41) is 0.0798. The first-order valence-corrected chi connectivity index (χ1v) is 5.65. The minimum Gasteiger partial charge on any atom is -0.490 e. The summed E-state index contributed by atoms with van der Waals surface area (Å²) in [6.07, 6.45) is 0. The molecule has 0 bridgehead atoms. The Balaban J connectivity index is 2.70. The van der Waals surface area contributed by atoms with Crippen LogP contribution in [0.15, 0.2) is 18.2 Å². The zero-order valence-electron chi connectivity index (χ0n) is 8.76. The van der Waals surface area contributed by atoms with Gasteiger partial charge in [-0.3, -0.25) is 0 Å². The van der Waals surface area contributed by atoms with Crippen LogP contribution in [0.1, 0.15) is 13.8 Å². The van der Waals surface area contributed by atoms with Crippen LogP contribution < -0.4 is 4.74 Å². The Kier molecular flexibility index (Phi) is 4.29. The lowest BCUT2D eigenvalue weighted by Gasteiger charge is -2.22. The summed E-state index contributed by atoms with van der Waals surface area (Å²) in [4.78, 5) is 0. The number of benzene rings is 1. The van der Waals surface area contributed by atoms with E-state index in [4.69, 9.17) is 16.3 Å². The van der Waals surface area contributed by atoms with Crippen LogP contribution in [0, 0.1) is 11.2 Å². The maximum atomic E-state index is 13.4. The van der Waals surface area contributed by atoms with Gasteiger partial charge in [0.2, 0.25) is 0 Å². The smallest absolute Gasteiger partial charge is 0.183 e. The van der Waals surface area contributed by atoms with Gasteiger partial charge in [-0.2, -0.15) is 12.6 Å². The molecule has 0 aliphatic carbocycles. The lowest BCUT2D eigenvalue weighted by Crippen LogP contribution is -2.23. The first kappa shape index (κ1) is 12.7. The molecule has 0 aliphatic rings. The second-order valence-corrected chi connectivity index (χ2v) is 4.89. The monoisotopic (exact) mass is 248 g/mol. The largest absolute Gasteiger partial charge is 0.490 e. The fraction of sp³-hybridized carbons (Fsp3) is 0.455. The van der Waals surface area contributed by atoms with Gasteiger partial charge in [0.05, 0.1) is 11.6 Å². The molecule has 0 aromatic heterocycles. The third-order valence-electron chi connectivity index (χ3n) is 1.96. The van der Waals surface area contributed by atoms with Crippen LogP contribution in [0.2, 0.25) is 5.02 Å². The number of hydrogen-bond acceptors (Lipinski definition) is 2. The molecule has 15 heavy (non-hydrogen) atoms. The Labute approximate surface area is 100.0 Å². The highest BCUT2D eigenvalue weighted by molar-refractivity contribution is 7.80. The van der Waals surface area contributed by atoms with Gasteiger partial charge in [0, 0.05) is 5.41 Å². The van der Waals surface area contributed by atoms with E-state index in [0.29, 0.717) is 12.4 Å². The molecular formula is C11H14ClFOS. The third kappa shape index (κ3) is 3.58. The van der Waals surface area contributed by atoms with Gasteiger partial charge < -0.3 is 4.74 Å². The molecule has 0 spiro atoms. The van der Waals surface area contributed by atoms with Gasteiger partial charge >= 0.3 is 0 Å². The first-order chi connectivity index (χ1) is 6.96. The van der Waals surface area contributed by atoms with Gasteiger partial charge in [-0.05, 0) is 17.9 Å². The fourth-order valence-electron chi connectivity index (χ4n) is 0.914. The second kappa shape index (κ2) is 5.08. The Morgan fingerprint density at radius 3 is 2.73 bits per heavy atom. The average Bonchev–Trinajstić information content (AvgIpc) is 2.20. The molecule has 4 heteroatoms. The van der Waals surface area contributed by atoms with E-state index in [1.165, 1.54) is 6.07 Å². The summed E-state index contributed by atoms with van der Waals surface area (Å²) in [6.45, 7) is 4.42. The van der Waals surface area contributed by atoms with Crippen molar-refractivity contribution in [3.8, 4) is 5.75 Å². The van der Waals surface area contributed by atoms with E-state index < -0.39 is 5.82 Å². The highest BCUT2D eigenvalue weighted by Gasteiger charge is 2.18. The molecule has 0 saturated heterocycles. The Hall–Kier alpha value is -0.410. The standard InChI is InChI=1S/C11H14ClFOS/c1-11(2,7-15)6-14-9-5-3-4-8(12)10(9)13/h3-5,15H,6-7H2,1-2H3. The number of thiol groups is 1. The first-order valence-electron chi connectivity index (χ1n) is 4.64. The van der Waals surface area contributed by atoms with Gasteiger partial charge in [0.1, 0.15) is 0 Å². The second-order valence-electron chi connectivity index (χ2n) is 4.16. The van der Waals surface area contributed by atoms with Crippen LogP contribution in [0.3, 0.4) is 0 Å². The molecule has 0 atom stereocenters. The molecule has 0 saturated carbocycles. The molecule has 1 rings (SSSR count). The minimum atomic E-state index is -0.505. The molecule has 0 amide bonds. The third-order valence-corrected chi connectivity index (χ3v) is 3.11. The SMILES string of the molecule is CC(C)(CS)COc1cccc(Cl)c1F. The highest BCUT2D eigenvalue weighted by atomic mass is 35.5. The fourth-order valence-corrected chi connectivity index (χ4v) is 1.17. The van der Waals surface area contributed by atoms with Gasteiger partial charge in [-0.15, -0.1) is 0 Å². The summed E-state index contributed by atoms with van der Waals surface area (Å²) in [6, 6.07) is 4.72. The van der Waals surface area contributed by atoms with Crippen molar-refractivity contribution in [3.63, 3.8) is 0 Å². The number of hydrogen-bond donors (Lipinski definition) is 1. The number of ether oxygens (including phenoxy) is 1. The van der Waals surface area contributed by atoms with Crippen LogP contribution in [0.25, 0.3) is 0 Å². The van der Waals surface area contributed by atoms with Gasteiger partial charge in [0.25, 0.3) is 0 Å². The van der Waals surface area contributed by atoms with Crippen LogP contribution in [-0.4, -0.2) is 12.4 Å². The molecule has 0 unspecified atom stereocenters. The molecule has 0 heterocycles. The van der Waals surface area contributed by atoms with E-state index >= 15 is 0 Å². The predicted molar refractivity (Wildman–Crippen MR) is 64.5 cm³/mol. The maximum absolute atomic E-state index is 13.4. The van der Waals surface area contributed by atoms with Gasteiger partial charge in [-0.25, -0.2) is 4.39 Å². The van der Waals surface area contributed by atoms with Crippen LogP contribution in [-0.2, 0) is 0 Å². The maximum Gasteiger partial charge on any atom is 0.183 e. The summed E-state index contributed by atoms with van der Waals surface area (Å²) in [5.41, 5.74) is -0.0854. The van der Waals surface area contributed by atoms with Crippen molar-refractivity contribution in [1.29, 1.82) is 0 Å². The zero-order chi connectivity index (χ0) is 11.5. The topological polar surface area (TPSA) is 9.23 Å². The molecule has 0 fully saturated rings. The van der Waals surface area contributed by atoms with E-state index in [2.05, 4.69) is 12.6 Å². The van der Waals surface area contributed by atoms with Crippen molar-refractivity contribution in [1.82, 2.24) is 0 Å². The van der Waals surface area contributed by atoms with Crippen LogP contribution in [0.4, 0.5) is 4.39 Å². The van der Waals surface area contributed by atoms with Gasteiger partial charge in [0.15, 0.2) is 11.6 Å². The van der Waals surface area contributed by atoms with E-state index in [1.807, 2.05) is 13.8 Å². The molecule has 0 N–H and O–H groups in total. The van der Waals surface area contributed by atoms with E-state index in [1.54, 1.807) is 12.1 Å². The van der Waals surface area contributed by atoms with Crippen molar-refractivity contribution in [2.75, 3.05) is 12.4 Å². The van der Waals surface area contributed by atoms with Crippen molar-refractivity contribution >= 4 is 24.2 Å². The lowest BCUT2D eigenvalue weighted by molar-refractivity contribution is 0.195. The van der Waals surface area contributed by atoms with Gasteiger partial charge in [-0.1, -0.05) is 31.5 Å². The zero-order valence-corrected chi connectivity index (χ0v) is 10.4. The van der Waals surface area contributed by atoms with Crippen molar-refractivity contribution in [2.24, 2.45) is 5.41 Å². The predicted octanol–water partition coefficient (Wildman–Crippen LogP) is 3.81. The molecule has 0 radical (unpaired) electrons. The summed E-state index contributed by atoms with van der Waals surface area (Å²) >= 11 is 9.82. The van der Waals surface area contributed by atoms with Crippen LogP contribution >= 0.6 is 24.2 Å². The number of halogens is 2. The molecule has 0 aliphatic heterocycles. The van der Waals surface area contributed by atoms with E-state index in [-0.39, 0.29) is 16.2 Å². The normalized spacial score (nSPS) is 11.5. The minimum absolute atomic E-state index is 0.0798. The molecule has 1 nitrogen and oxygen atoms in total. The van der Waals surface area contributed by atoms with Crippen molar-refractivity contribution in [3.05, 3.63) is 29.0 Å². The quantitative estimate of drug-likeness (QED) is 0.798. The van der Waals surface area contributed by atoms with Crippen molar-refractivity contribution in [2.45, 2.75) is 13.8 Å². The Morgan fingerprint density at radius 2 is 2.13 bits per heavy atom. The Morgan fingerprint density at radius 1 is 1.47 bits per heavy atom. The highest BCUT2D eigenvalue weighted by Crippen LogP contribution is 2.26. The molecule has 1 aromatic rings. The molecule has 84 valence electrons. The van der Waals surface area contributed by atoms with Crippen LogP contribution in [0.5, 0.6) is 5.75 Å². The van der Waals surface area contributed by atoms with E-state index in [0.717, 1.165) is 0 Å².